The zero-order valence-electron chi connectivity index (χ0n) is 14.1. The Hall–Kier alpha value is -2.09. The Morgan fingerprint density at radius 3 is 2.26 bits per heavy atom. The molecule has 0 fully saturated rings. The highest BCUT2D eigenvalue weighted by atomic mass is 16.5. The molecule has 0 aliphatic rings. The highest BCUT2D eigenvalue weighted by Gasteiger charge is 1.95. The van der Waals surface area contributed by atoms with Crippen LogP contribution in [0.15, 0.2) is 59.6 Å². The fraction of sp³-hybridized carbons (Fsp3) is 0.381. The quantitative estimate of drug-likeness (QED) is 0.379. The van der Waals surface area contributed by atoms with E-state index in [2.05, 4.69) is 11.9 Å². The van der Waals surface area contributed by atoms with E-state index in [0.717, 1.165) is 30.0 Å². The van der Waals surface area contributed by atoms with Crippen molar-refractivity contribution in [3.05, 3.63) is 60.2 Å². The lowest BCUT2D eigenvalue weighted by Crippen LogP contribution is -1.97. The normalized spacial score (nSPS) is 11.0. The average molecular weight is 309 g/mol. The van der Waals surface area contributed by atoms with Gasteiger partial charge in [-0.2, -0.15) is 0 Å². The summed E-state index contributed by atoms with van der Waals surface area (Å²) in [5, 5.41) is 0. The van der Waals surface area contributed by atoms with Crippen LogP contribution in [0.5, 0.6) is 5.75 Å². The Balaban J connectivity index is 1.69. The molecule has 0 amide bonds. The summed E-state index contributed by atoms with van der Waals surface area (Å²) < 4.78 is 5.79. The van der Waals surface area contributed by atoms with Gasteiger partial charge in [-0.3, -0.25) is 4.99 Å². The van der Waals surface area contributed by atoms with Crippen molar-refractivity contribution in [3.63, 3.8) is 0 Å². The number of ether oxygens (including phenoxy) is 1. The average Bonchev–Trinajstić information content (AvgIpc) is 2.61. The zero-order chi connectivity index (χ0) is 16.2. The van der Waals surface area contributed by atoms with Gasteiger partial charge in [0.2, 0.25) is 0 Å². The molecule has 0 unspecified atom stereocenters. The van der Waals surface area contributed by atoms with Gasteiger partial charge in [0.15, 0.2) is 0 Å². The molecule has 0 bridgehead atoms. The van der Waals surface area contributed by atoms with Gasteiger partial charge >= 0.3 is 0 Å². The molecule has 0 atom stereocenters. The van der Waals surface area contributed by atoms with Crippen LogP contribution in [0.4, 0.5) is 5.69 Å². The largest absolute Gasteiger partial charge is 0.494 e. The van der Waals surface area contributed by atoms with Crippen LogP contribution in [0.2, 0.25) is 0 Å². The van der Waals surface area contributed by atoms with E-state index in [1.807, 2.05) is 60.8 Å². The summed E-state index contributed by atoms with van der Waals surface area (Å²) >= 11 is 0. The molecule has 0 spiro atoms. The van der Waals surface area contributed by atoms with Gasteiger partial charge in [-0.15, -0.1) is 0 Å². The SMILES string of the molecule is CCCCCCCCOc1ccc(C=Nc2ccccc2)cc1. The summed E-state index contributed by atoms with van der Waals surface area (Å²) in [6.07, 6.45) is 9.62. The molecule has 0 saturated carbocycles. The van der Waals surface area contributed by atoms with Crippen molar-refractivity contribution >= 4 is 11.9 Å². The molecule has 2 rings (SSSR count). The standard InChI is InChI=1S/C21H27NO/c1-2-3-4-5-6-10-17-23-21-15-13-19(14-16-21)18-22-20-11-8-7-9-12-20/h7-9,11-16,18H,2-6,10,17H2,1H3. The Bertz CT molecular complexity index is 560. The molecule has 2 aromatic carbocycles. The Kier molecular flexibility index (Phi) is 7.96. The summed E-state index contributed by atoms with van der Waals surface area (Å²) in [7, 11) is 0. The van der Waals surface area contributed by atoms with Gasteiger partial charge in [-0.25, -0.2) is 0 Å². The first kappa shape index (κ1) is 17.3. The second kappa shape index (κ2) is 10.6. The molecule has 0 heterocycles. The highest BCUT2D eigenvalue weighted by molar-refractivity contribution is 5.82. The van der Waals surface area contributed by atoms with E-state index in [1.165, 1.54) is 32.1 Å². The Morgan fingerprint density at radius 1 is 0.826 bits per heavy atom. The molecular weight excluding hydrogens is 282 g/mol. The predicted molar refractivity (Wildman–Crippen MR) is 99.0 cm³/mol. The molecule has 0 aromatic heterocycles. The van der Waals surface area contributed by atoms with Crippen LogP contribution in [-0.4, -0.2) is 12.8 Å². The molecule has 0 radical (unpaired) electrons. The van der Waals surface area contributed by atoms with Gasteiger partial charge in [0, 0.05) is 6.21 Å². The Morgan fingerprint density at radius 2 is 1.52 bits per heavy atom. The number of aliphatic imine (C=N–C) groups is 1. The lowest BCUT2D eigenvalue weighted by molar-refractivity contribution is 0.304. The molecule has 0 aliphatic carbocycles. The predicted octanol–water partition coefficient (Wildman–Crippen LogP) is 6.18. The smallest absolute Gasteiger partial charge is 0.119 e. The number of unbranched alkanes of at least 4 members (excludes halogenated alkanes) is 5. The molecule has 0 aliphatic heterocycles. The Labute approximate surface area is 140 Å². The number of nitrogens with zero attached hydrogens (tertiary/aromatic N) is 1. The van der Waals surface area contributed by atoms with Crippen molar-refractivity contribution < 1.29 is 4.74 Å². The molecule has 2 heteroatoms. The van der Waals surface area contributed by atoms with Crippen LogP contribution in [-0.2, 0) is 0 Å². The van der Waals surface area contributed by atoms with Crippen LogP contribution in [0.3, 0.4) is 0 Å². The topological polar surface area (TPSA) is 21.6 Å². The van der Waals surface area contributed by atoms with Gasteiger partial charge < -0.3 is 4.74 Å². The van der Waals surface area contributed by atoms with Crippen molar-refractivity contribution in [1.82, 2.24) is 0 Å². The van der Waals surface area contributed by atoms with Crippen LogP contribution in [0.25, 0.3) is 0 Å². The monoisotopic (exact) mass is 309 g/mol. The molecule has 0 saturated heterocycles. The van der Waals surface area contributed by atoms with E-state index < -0.39 is 0 Å². The first-order valence-electron chi connectivity index (χ1n) is 8.70. The summed E-state index contributed by atoms with van der Waals surface area (Å²) in [5.41, 5.74) is 2.05. The van der Waals surface area contributed by atoms with Crippen molar-refractivity contribution in [2.45, 2.75) is 45.4 Å². The maximum atomic E-state index is 5.79. The van der Waals surface area contributed by atoms with Crippen molar-refractivity contribution in [1.29, 1.82) is 0 Å². The summed E-state index contributed by atoms with van der Waals surface area (Å²) in [5.74, 6) is 0.940. The first-order valence-corrected chi connectivity index (χ1v) is 8.70. The van der Waals surface area contributed by atoms with Gasteiger partial charge in [0.05, 0.1) is 12.3 Å². The lowest BCUT2D eigenvalue weighted by Gasteiger charge is -2.06. The maximum Gasteiger partial charge on any atom is 0.119 e. The third-order valence-corrected chi connectivity index (χ3v) is 3.77. The van der Waals surface area contributed by atoms with Gasteiger partial charge in [-0.05, 0) is 48.4 Å². The van der Waals surface area contributed by atoms with Crippen LogP contribution >= 0.6 is 0 Å². The van der Waals surface area contributed by atoms with Crippen LogP contribution < -0.4 is 4.74 Å². The van der Waals surface area contributed by atoms with Crippen molar-refractivity contribution in [2.24, 2.45) is 4.99 Å². The molecule has 2 nitrogen and oxygen atoms in total. The third kappa shape index (κ3) is 7.14. The number of rotatable bonds is 10. The van der Waals surface area contributed by atoms with E-state index >= 15 is 0 Å². The molecule has 0 N–H and O–H groups in total. The number of hydrogen-bond donors (Lipinski definition) is 0. The van der Waals surface area contributed by atoms with Crippen molar-refractivity contribution in [3.8, 4) is 5.75 Å². The van der Waals surface area contributed by atoms with E-state index in [-0.39, 0.29) is 0 Å². The second-order valence-corrected chi connectivity index (χ2v) is 5.78. The van der Waals surface area contributed by atoms with Gasteiger partial charge in [-0.1, -0.05) is 57.2 Å². The summed E-state index contributed by atoms with van der Waals surface area (Å²) in [4.78, 5) is 4.45. The highest BCUT2D eigenvalue weighted by Crippen LogP contribution is 2.14. The fourth-order valence-electron chi connectivity index (χ4n) is 2.39. The minimum atomic E-state index is 0.809. The second-order valence-electron chi connectivity index (χ2n) is 5.78. The zero-order valence-corrected chi connectivity index (χ0v) is 14.1. The lowest BCUT2D eigenvalue weighted by atomic mass is 10.1. The number of hydrogen-bond acceptors (Lipinski definition) is 2. The van der Waals surface area contributed by atoms with Crippen molar-refractivity contribution in [2.75, 3.05) is 6.61 Å². The third-order valence-electron chi connectivity index (χ3n) is 3.77. The van der Waals surface area contributed by atoms with E-state index in [4.69, 9.17) is 4.74 Å². The fourth-order valence-corrected chi connectivity index (χ4v) is 2.39. The van der Waals surface area contributed by atoms with E-state index in [1.54, 1.807) is 0 Å². The van der Waals surface area contributed by atoms with E-state index in [0.29, 0.717) is 0 Å². The molecular formula is C21H27NO. The van der Waals surface area contributed by atoms with Gasteiger partial charge in [0.1, 0.15) is 5.75 Å². The summed E-state index contributed by atoms with van der Waals surface area (Å²) in [6, 6.07) is 18.1. The number of benzene rings is 2. The maximum absolute atomic E-state index is 5.79. The van der Waals surface area contributed by atoms with E-state index in [9.17, 15) is 0 Å². The molecule has 122 valence electrons. The number of para-hydroxylation sites is 1. The van der Waals surface area contributed by atoms with Gasteiger partial charge in [0.25, 0.3) is 0 Å². The van der Waals surface area contributed by atoms with Crippen LogP contribution in [0, 0.1) is 0 Å². The first-order chi connectivity index (χ1) is 11.4. The molecule has 23 heavy (non-hydrogen) atoms. The minimum absolute atomic E-state index is 0.809. The van der Waals surface area contributed by atoms with Crippen LogP contribution in [0.1, 0.15) is 51.0 Å². The summed E-state index contributed by atoms with van der Waals surface area (Å²) in [6.45, 7) is 3.06. The minimum Gasteiger partial charge on any atom is -0.494 e. The molecule has 2 aromatic rings.